The number of carboxylic acids is 1. The number of amides is 1. The standard InChI is InChI=1S/C16H17NO3S/c1-11-5-2-8-13(15(11)16(19)20)17-14(18)9-3-6-12-7-4-10-21-12/h2,4-5,7-8,10H,3,6,9H2,1H3,(H,17,18)(H,19,20). The van der Waals surface area contributed by atoms with E-state index in [-0.39, 0.29) is 11.5 Å². The van der Waals surface area contributed by atoms with Crippen LogP contribution in [0.25, 0.3) is 0 Å². The van der Waals surface area contributed by atoms with E-state index < -0.39 is 5.97 Å². The molecule has 1 amide bonds. The molecule has 0 aliphatic rings. The minimum atomic E-state index is -1.03. The van der Waals surface area contributed by atoms with Gasteiger partial charge in [-0.15, -0.1) is 11.3 Å². The largest absolute Gasteiger partial charge is 0.478 e. The van der Waals surface area contributed by atoms with Crippen LogP contribution in [0.15, 0.2) is 35.7 Å². The molecule has 0 radical (unpaired) electrons. The molecule has 2 N–H and O–H groups in total. The van der Waals surface area contributed by atoms with Gasteiger partial charge in [-0.1, -0.05) is 18.2 Å². The summed E-state index contributed by atoms with van der Waals surface area (Å²) in [6.45, 7) is 1.72. The van der Waals surface area contributed by atoms with E-state index in [0.29, 0.717) is 17.7 Å². The average molecular weight is 303 g/mol. The van der Waals surface area contributed by atoms with Crippen molar-refractivity contribution in [1.82, 2.24) is 0 Å². The van der Waals surface area contributed by atoms with Gasteiger partial charge in [0.1, 0.15) is 0 Å². The Labute approximate surface area is 127 Å². The van der Waals surface area contributed by atoms with Crippen molar-refractivity contribution < 1.29 is 14.7 Å². The molecule has 1 heterocycles. The van der Waals surface area contributed by atoms with Crippen LogP contribution in [0.5, 0.6) is 0 Å². The summed E-state index contributed by atoms with van der Waals surface area (Å²) in [6, 6.07) is 9.12. The Morgan fingerprint density at radius 3 is 2.71 bits per heavy atom. The van der Waals surface area contributed by atoms with E-state index in [1.165, 1.54) is 4.88 Å². The second kappa shape index (κ2) is 7.04. The first kappa shape index (κ1) is 15.3. The molecular formula is C16H17NO3S. The van der Waals surface area contributed by atoms with Crippen molar-refractivity contribution in [2.24, 2.45) is 0 Å². The second-order valence-corrected chi connectivity index (χ2v) is 5.82. The fourth-order valence-corrected chi connectivity index (χ4v) is 2.90. The van der Waals surface area contributed by atoms with Crippen molar-refractivity contribution >= 4 is 28.9 Å². The van der Waals surface area contributed by atoms with Crippen LogP contribution < -0.4 is 5.32 Å². The van der Waals surface area contributed by atoms with Gasteiger partial charge in [-0.25, -0.2) is 4.79 Å². The summed E-state index contributed by atoms with van der Waals surface area (Å²) in [6.07, 6.45) is 2.00. The molecule has 0 aliphatic heterocycles. The molecule has 0 bridgehead atoms. The maximum atomic E-state index is 11.9. The fourth-order valence-electron chi connectivity index (χ4n) is 2.15. The van der Waals surface area contributed by atoms with Crippen molar-refractivity contribution in [3.8, 4) is 0 Å². The highest BCUT2D eigenvalue weighted by molar-refractivity contribution is 7.09. The maximum absolute atomic E-state index is 11.9. The summed E-state index contributed by atoms with van der Waals surface area (Å²) < 4.78 is 0. The molecule has 0 fully saturated rings. The predicted octanol–water partition coefficient (Wildman–Crippen LogP) is 3.72. The van der Waals surface area contributed by atoms with Crippen LogP contribution in [0.1, 0.15) is 33.6 Å². The summed E-state index contributed by atoms with van der Waals surface area (Å²) in [5.41, 5.74) is 1.16. The number of carbonyl (C=O) groups excluding carboxylic acids is 1. The van der Waals surface area contributed by atoms with Crippen LogP contribution in [-0.4, -0.2) is 17.0 Å². The number of aryl methyl sites for hydroxylation is 2. The summed E-state index contributed by atoms with van der Waals surface area (Å²) in [7, 11) is 0. The van der Waals surface area contributed by atoms with E-state index in [4.69, 9.17) is 0 Å². The lowest BCUT2D eigenvalue weighted by atomic mass is 10.1. The highest BCUT2D eigenvalue weighted by Gasteiger charge is 2.14. The highest BCUT2D eigenvalue weighted by Crippen LogP contribution is 2.20. The lowest BCUT2D eigenvalue weighted by molar-refractivity contribution is -0.116. The molecule has 1 aromatic carbocycles. The van der Waals surface area contributed by atoms with Gasteiger partial charge in [0, 0.05) is 11.3 Å². The van der Waals surface area contributed by atoms with Crippen molar-refractivity contribution in [2.75, 3.05) is 5.32 Å². The molecule has 4 nitrogen and oxygen atoms in total. The third-order valence-corrected chi connectivity index (χ3v) is 4.10. The summed E-state index contributed by atoms with van der Waals surface area (Å²) in [5.74, 6) is -1.18. The Hall–Kier alpha value is -2.14. The van der Waals surface area contributed by atoms with Gasteiger partial charge in [-0.3, -0.25) is 4.79 Å². The second-order valence-electron chi connectivity index (χ2n) is 4.78. The molecular weight excluding hydrogens is 286 g/mol. The number of nitrogens with one attached hydrogen (secondary N) is 1. The molecule has 2 rings (SSSR count). The number of thiophene rings is 1. The molecule has 0 aliphatic carbocycles. The highest BCUT2D eigenvalue weighted by atomic mass is 32.1. The van der Waals surface area contributed by atoms with E-state index in [1.807, 2.05) is 17.5 Å². The van der Waals surface area contributed by atoms with Gasteiger partial charge in [-0.2, -0.15) is 0 Å². The van der Waals surface area contributed by atoms with Crippen LogP contribution in [-0.2, 0) is 11.2 Å². The lowest BCUT2D eigenvalue weighted by Crippen LogP contribution is -2.15. The maximum Gasteiger partial charge on any atom is 0.338 e. The predicted molar refractivity (Wildman–Crippen MR) is 84.0 cm³/mol. The smallest absolute Gasteiger partial charge is 0.338 e. The topological polar surface area (TPSA) is 66.4 Å². The molecule has 5 heteroatoms. The van der Waals surface area contributed by atoms with Crippen molar-refractivity contribution in [2.45, 2.75) is 26.2 Å². The first-order valence-corrected chi connectivity index (χ1v) is 7.61. The number of carbonyl (C=O) groups is 2. The monoisotopic (exact) mass is 303 g/mol. The quantitative estimate of drug-likeness (QED) is 0.854. The Kier molecular flexibility index (Phi) is 5.11. The normalized spacial score (nSPS) is 10.3. The Bertz CT molecular complexity index is 635. The third kappa shape index (κ3) is 4.16. The molecule has 0 saturated carbocycles. The van der Waals surface area contributed by atoms with Crippen molar-refractivity contribution in [3.05, 3.63) is 51.7 Å². The minimum Gasteiger partial charge on any atom is -0.478 e. The first-order valence-electron chi connectivity index (χ1n) is 6.73. The van der Waals surface area contributed by atoms with E-state index >= 15 is 0 Å². The number of hydrogen-bond acceptors (Lipinski definition) is 3. The van der Waals surface area contributed by atoms with Crippen molar-refractivity contribution in [3.63, 3.8) is 0 Å². The van der Waals surface area contributed by atoms with Crippen LogP contribution in [0.3, 0.4) is 0 Å². The van der Waals surface area contributed by atoms with Gasteiger partial charge in [0.2, 0.25) is 5.91 Å². The Morgan fingerprint density at radius 2 is 2.05 bits per heavy atom. The van der Waals surface area contributed by atoms with Crippen LogP contribution in [0, 0.1) is 6.92 Å². The van der Waals surface area contributed by atoms with E-state index in [0.717, 1.165) is 12.8 Å². The Balaban J connectivity index is 1.93. The van der Waals surface area contributed by atoms with Gasteiger partial charge in [0.05, 0.1) is 11.3 Å². The fraction of sp³-hybridized carbons (Fsp3) is 0.250. The minimum absolute atomic E-state index is 0.153. The van der Waals surface area contributed by atoms with Crippen LogP contribution in [0.4, 0.5) is 5.69 Å². The summed E-state index contributed by atoms with van der Waals surface area (Å²) >= 11 is 1.68. The lowest BCUT2D eigenvalue weighted by Gasteiger charge is -2.10. The molecule has 2 aromatic rings. The number of carboxylic acid groups (broad SMARTS) is 1. The molecule has 0 saturated heterocycles. The molecule has 21 heavy (non-hydrogen) atoms. The van der Waals surface area contributed by atoms with E-state index in [2.05, 4.69) is 5.32 Å². The number of aromatic carboxylic acids is 1. The van der Waals surface area contributed by atoms with Crippen LogP contribution >= 0.6 is 11.3 Å². The number of hydrogen-bond donors (Lipinski definition) is 2. The van der Waals surface area contributed by atoms with Gasteiger partial charge < -0.3 is 10.4 Å². The zero-order chi connectivity index (χ0) is 15.2. The number of benzene rings is 1. The third-order valence-electron chi connectivity index (χ3n) is 3.17. The van der Waals surface area contributed by atoms with Gasteiger partial charge in [0.15, 0.2) is 0 Å². The van der Waals surface area contributed by atoms with Gasteiger partial charge in [-0.05, 0) is 42.8 Å². The Morgan fingerprint density at radius 1 is 1.24 bits per heavy atom. The van der Waals surface area contributed by atoms with E-state index in [9.17, 15) is 14.7 Å². The zero-order valence-corrected chi connectivity index (χ0v) is 12.6. The summed E-state index contributed by atoms with van der Waals surface area (Å²) in [5, 5.41) is 13.9. The molecule has 0 unspecified atom stereocenters. The number of anilines is 1. The summed E-state index contributed by atoms with van der Waals surface area (Å²) in [4.78, 5) is 24.4. The molecule has 110 valence electrons. The first-order chi connectivity index (χ1) is 10.1. The zero-order valence-electron chi connectivity index (χ0n) is 11.8. The van der Waals surface area contributed by atoms with Gasteiger partial charge in [0.25, 0.3) is 0 Å². The average Bonchev–Trinajstić information content (AvgIpc) is 2.91. The van der Waals surface area contributed by atoms with Crippen LogP contribution in [0.2, 0.25) is 0 Å². The molecule has 0 spiro atoms. The molecule has 1 aromatic heterocycles. The van der Waals surface area contributed by atoms with Crippen molar-refractivity contribution in [1.29, 1.82) is 0 Å². The SMILES string of the molecule is Cc1cccc(NC(=O)CCCc2cccs2)c1C(=O)O. The van der Waals surface area contributed by atoms with Gasteiger partial charge >= 0.3 is 5.97 Å². The molecule has 0 atom stereocenters. The number of rotatable bonds is 6. The van der Waals surface area contributed by atoms with E-state index in [1.54, 1.807) is 36.5 Å².